The zero-order chi connectivity index (χ0) is 20.4. The second kappa shape index (κ2) is 10.1. The number of pyridine rings is 1. The molecule has 142 valence electrons. The molecule has 0 aliphatic rings. The van der Waals surface area contributed by atoms with Crippen LogP contribution in [0.15, 0.2) is 53.8 Å². The highest BCUT2D eigenvalue weighted by Crippen LogP contribution is 2.11. The summed E-state index contributed by atoms with van der Waals surface area (Å²) in [4.78, 5) is 38.9. The quantitative estimate of drug-likeness (QED) is 0.246. The van der Waals surface area contributed by atoms with E-state index in [9.17, 15) is 19.5 Å². The lowest BCUT2D eigenvalue weighted by atomic mass is 10.1. The number of carboxylic acids is 1. The second-order valence-corrected chi connectivity index (χ2v) is 5.46. The van der Waals surface area contributed by atoms with E-state index in [0.29, 0.717) is 11.4 Å². The van der Waals surface area contributed by atoms with E-state index in [1.165, 1.54) is 12.4 Å². The molecule has 2 amide bonds. The summed E-state index contributed by atoms with van der Waals surface area (Å²) in [6.45, 7) is -0.203. The summed E-state index contributed by atoms with van der Waals surface area (Å²) in [5, 5.41) is 17.5. The molecule has 9 nitrogen and oxygen atoms in total. The highest BCUT2D eigenvalue weighted by molar-refractivity contribution is 6.08. The molecule has 0 aliphatic carbocycles. The molecule has 9 heteroatoms. The lowest BCUT2D eigenvalue weighted by Crippen LogP contribution is -2.31. The molecule has 0 fully saturated rings. The summed E-state index contributed by atoms with van der Waals surface area (Å²) < 4.78 is 0. The number of nitrogens with zero attached hydrogens (tertiary/aromatic N) is 2. The molecule has 5 N–H and O–H groups in total. The lowest BCUT2D eigenvalue weighted by Gasteiger charge is -2.11. The van der Waals surface area contributed by atoms with Crippen molar-refractivity contribution >= 4 is 29.7 Å². The van der Waals surface area contributed by atoms with Gasteiger partial charge in [0, 0.05) is 30.3 Å². The van der Waals surface area contributed by atoms with Gasteiger partial charge in [0.15, 0.2) is 0 Å². The van der Waals surface area contributed by atoms with Crippen molar-refractivity contribution in [2.24, 2.45) is 10.9 Å². The van der Waals surface area contributed by atoms with Crippen molar-refractivity contribution in [3.63, 3.8) is 0 Å². The summed E-state index contributed by atoms with van der Waals surface area (Å²) >= 11 is 0. The number of aliphatic carboxylic acids is 1. The normalized spacial score (nSPS) is 11.1. The van der Waals surface area contributed by atoms with E-state index in [-0.39, 0.29) is 6.54 Å². The van der Waals surface area contributed by atoms with Crippen LogP contribution in [-0.2, 0) is 14.4 Å². The van der Waals surface area contributed by atoms with Crippen LogP contribution in [0.5, 0.6) is 0 Å². The van der Waals surface area contributed by atoms with Crippen LogP contribution in [0.3, 0.4) is 0 Å². The van der Waals surface area contributed by atoms with Gasteiger partial charge in [0.1, 0.15) is 5.92 Å². The molecule has 1 aromatic heterocycles. The number of carbonyl (C=O) groups is 3. The van der Waals surface area contributed by atoms with Crippen LogP contribution in [0.4, 0.5) is 5.69 Å². The fourth-order valence-corrected chi connectivity index (χ4v) is 2.15. The number of aromatic nitrogens is 1. The number of carboxylic acid groups (broad SMARTS) is 1. The Morgan fingerprint density at radius 2 is 1.86 bits per heavy atom. The molecule has 2 rings (SSSR count). The standard InChI is InChI=1S/C19H17N5O4/c20-23-11-13-4-6-14(7-5-13)24-18(26)9-8-17(25)22-12-15(19(27)28)16-3-1-2-10-21-16/h1-7,10-11,15H,12,20H2,(H,22,25)(H,24,26)(H,27,28). The first-order valence-corrected chi connectivity index (χ1v) is 8.07. The minimum absolute atomic E-state index is 0.203. The number of anilines is 1. The van der Waals surface area contributed by atoms with Crippen molar-refractivity contribution in [2.45, 2.75) is 5.92 Å². The van der Waals surface area contributed by atoms with Crippen LogP contribution in [-0.4, -0.2) is 40.6 Å². The highest BCUT2D eigenvalue weighted by atomic mass is 16.4. The smallest absolute Gasteiger partial charge is 0.314 e. The van der Waals surface area contributed by atoms with Gasteiger partial charge in [0.2, 0.25) is 0 Å². The van der Waals surface area contributed by atoms with E-state index in [2.05, 4.69) is 32.6 Å². The van der Waals surface area contributed by atoms with Gasteiger partial charge >= 0.3 is 11.9 Å². The number of nitrogens with two attached hydrogens (primary N) is 1. The van der Waals surface area contributed by atoms with Crippen molar-refractivity contribution in [2.75, 3.05) is 11.9 Å². The maximum absolute atomic E-state index is 11.8. The molecule has 1 heterocycles. The number of rotatable bonds is 6. The van der Waals surface area contributed by atoms with Gasteiger partial charge in [-0.25, -0.2) is 0 Å². The minimum Gasteiger partial charge on any atom is -0.481 e. The zero-order valence-electron chi connectivity index (χ0n) is 14.6. The predicted octanol–water partition coefficient (Wildman–Crippen LogP) is 0.301. The summed E-state index contributed by atoms with van der Waals surface area (Å²) in [7, 11) is 0. The third-order valence-electron chi connectivity index (χ3n) is 3.49. The van der Waals surface area contributed by atoms with E-state index in [0.717, 1.165) is 5.56 Å². The molecule has 2 aromatic rings. The maximum atomic E-state index is 11.8. The van der Waals surface area contributed by atoms with Crippen LogP contribution in [0, 0.1) is 11.8 Å². The molecular weight excluding hydrogens is 362 g/mol. The Morgan fingerprint density at radius 1 is 1.14 bits per heavy atom. The summed E-state index contributed by atoms with van der Waals surface area (Å²) in [6.07, 6.45) is 2.91. The van der Waals surface area contributed by atoms with Crippen molar-refractivity contribution in [1.82, 2.24) is 10.3 Å². The first kappa shape index (κ1) is 20.1. The van der Waals surface area contributed by atoms with Crippen LogP contribution in [0.25, 0.3) is 0 Å². The molecule has 0 aliphatic heterocycles. The largest absolute Gasteiger partial charge is 0.481 e. The van der Waals surface area contributed by atoms with Gasteiger partial charge in [-0.3, -0.25) is 19.4 Å². The third kappa shape index (κ3) is 6.27. The number of hydrazone groups is 1. The Morgan fingerprint density at radius 3 is 2.46 bits per heavy atom. The monoisotopic (exact) mass is 379 g/mol. The van der Waals surface area contributed by atoms with Gasteiger partial charge in [-0.2, -0.15) is 5.10 Å². The molecule has 1 aromatic carbocycles. The fraction of sp³-hybridized carbons (Fsp3) is 0.105. The first-order chi connectivity index (χ1) is 13.5. The Bertz CT molecular complexity index is 930. The van der Waals surface area contributed by atoms with E-state index >= 15 is 0 Å². The fourth-order valence-electron chi connectivity index (χ4n) is 2.15. The second-order valence-electron chi connectivity index (χ2n) is 5.46. The zero-order valence-corrected chi connectivity index (χ0v) is 14.6. The predicted molar refractivity (Wildman–Crippen MR) is 102 cm³/mol. The van der Waals surface area contributed by atoms with Crippen molar-refractivity contribution in [3.05, 3.63) is 59.9 Å². The van der Waals surface area contributed by atoms with Gasteiger partial charge in [-0.05, 0) is 29.8 Å². The summed E-state index contributed by atoms with van der Waals surface area (Å²) in [6, 6.07) is 11.5. The number of amides is 2. The van der Waals surface area contributed by atoms with Gasteiger partial charge in [-0.1, -0.05) is 18.2 Å². The molecule has 0 radical (unpaired) electrons. The molecule has 0 spiro atoms. The molecule has 1 unspecified atom stereocenters. The maximum Gasteiger partial charge on any atom is 0.314 e. The van der Waals surface area contributed by atoms with Gasteiger partial charge in [-0.15, -0.1) is 0 Å². The highest BCUT2D eigenvalue weighted by Gasteiger charge is 2.21. The SMILES string of the molecule is NN=Cc1ccc(NC(=O)C#CC(=O)NCC(C(=O)O)c2ccccn2)cc1. The Labute approximate surface area is 160 Å². The average molecular weight is 379 g/mol. The Hall–Kier alpha value is -4.19. The number of hydrogen-bond acceptors (Lipinski definition) is 6. The van der Waals surface area contributed by atoms with Gasteiger partial charge in [0.05, 0.1) is 11.9 Å². The first-order valence-electron chi connectivity index (χ1n) is 8.07. The molecule has 0 saturated heterocycles. The van der Waals surface area contributed by atoms with Crippen molar-refractivity contribution in [1.29, 1.82) is 0 Å². The molecule has 0 saturated carbocycles. The van der Waals surface area contributed by atoms with Crippen LogP contribution in [0.2, 0.25) is 0 Å². The third-order valence-corrected chi connectivity index (χ3v) is 3.49. The Balaban J connectivity index is 1.89. The molecule has 28 heavy (non-hydrogen) atoms. The number of carbonyl (C=O) groups excluding carboxylic acids is 2. The number of nitrogens with one attached hydrogen (secondary N) is 2. The van der Waals surface area contributed by atoms with E-state index < -0.39 is 23.7 Å². The lowest BCUT2D eigenvalue weighted by molar-refractivity contribution is -0.138. The van der Waals surface area contributed by atoms with Crippen molar-refractivity contribution < 1.29 is 19.5 Å². The van der Waals surface area contributed by atoms with E-state index in [1.807, 2.05) is 0 Å². The summed E-state index contributed by atoms with van der Waals surface area (Å²) in [5.74, 6) is 5.70. The molecule has 0 bridgehead atoms. The molecular formula is C19H17N5O4. The summed E-state index contributed by atoms with van der Waals surface area (Å²) in [5.41, 5.74) is 1.55. The van der Waals surface area contributed by atoms with Crippen LogP contribution >= 0.6 is 0 Å². The topological polar surface area (TPSA) is 147 Å². The van der Waals surface area contributed by atoms with E-state index in [4.69, 9.17) is 5.84 Å². The average Bonchev–Trinajstić information content (AvgIpc) is 2.69. The molecule has 1 atom stereocenters. The number of benzene rings is 1. The van der Waals surface area contributed by atoms with Gasteiger partial charge < -0.3 is 21.6 Å². The van der Waals surface area contributed by atoms with E-state index in [1.54, 1.807) is 42.5 Å². The van der Waals surface area contributed by atoms with Crippen molar-refractivity contribution in [3.8, 4) is 11.8 Å². The van der Waals surface area contributed by atoms with Crippen LogP contribution in [0.1, 0.15) is 17.2 Å². The number of hydrogen-bond donors (Lipinski definition) is 4. The van der Waals surface area contributed by atoms with Gasteiger partial charge in [0.25, 0.3) is 5.91 Å². The minimum atomic E-state index is -1.13. The van der Waals surface area contributed by atoms with Crippen LogP contribution < -0.4 is 16.5 Å². The Kier molecular flexibility index (Phi) is 7.24.